The Bertz CT molecular complexity index is 793. The van der Waals surface area contributed by atoms with Crippen molar-refractivity contribution in [3.8, 4) is 0 Å². The van der Waals surface area contributed by atoms with Crippen molar-refractivity contribution < 1.29 is 4.79 Å². The van der Waals surface area contributed by atoms with Crippen molar-refractivity contribution in [2.75, 3.05) is 26.2 Å². The van der Waals surface area contributed by atoms with E-state index < -0.39 is 0 Å². The minimum atomic E-state index is 0. The van der Waals surface area contributed by atoms with Gasteiger partial charge < -0.3 is 10.6 Å². The summed E-state index contributed by atoms with van der Waals surface area (Å²) in [5.41, 5.74) is 2.62. The molecule has 7 heteroatoms. The number of rotatable bonds is 9. The Hall–Kier alpha value is -1.66. The van der Waals surface area contributed by atoms with Crippen LogP contribution in [-0.2, 0) is 17.8 Å². The number of nitrogens with one attached hydrogen (secondary N) is 2. The van der Waals surface area contributed by atoms with Gasteiger partial charge in [-0.2, -0.15) is 0 Å². The first-order chi connectivity index (χ1) is 14.8. The Morgan fingerprint density at radius 2 is 1.84 bits per heavy atom. The molecule has 0 unspecified atom stereocenters. The van der Waals surface area contributed by atoms with Gasteiger partial charge >= 0.3 is 0 Å². The van der Waals surface area contributed by atoms with Crippen LogP contribution in [0.25, 0.3) is 0 Å². The first-order valence-corrected chi connectivity index (χ1v) is 11.4. The number of amides is 1. The van der Waals surface area contributed by atoms with Crippen molar-refractivity contribution in [3.63, 3.8) is 0 Å². The minimum absolute atomic E-state index is 0. The molecule has 2 fully saturated rings. The van der Waals surface area contributed by atoms with E-state index in [9.17, 15) is 4.79 Å². The molecule has 0 aliphatic carbocycles. The maximum absolute atomic E-state index is 12.2. The van der Waals surface area contributed by atoms with Gasteiger partial charge in [0.2, 0.25) is 5.91 Å². The summed E-state index contributed by atoms with van der Waals surface area (Å²) in [6.07, 6.45) is 8.46. The highest BCUT2D eigenvalue weighted by atomic mass is 35.5. The van der Waals surface area contributed by atoms with Crippen LogP contribution in [0.3, 0.4) is 0 Å². The molecule has 2 saturated heterocycles. The van der Waals surface area contributed by atoms with Crippen molar-refractivity contribution in [2.24, 2.45) is 11.8 Å². The Morgan fingerprint density at radius 3 is 2.62 bits per heavy atom. The van der Waals surface area contributed by atoms with Crippen LogP contribution in [0.4, 0.5) is 0 Å². The lowest BCUT2D eigenvalue weighted by atomic mass is 9.79. The molecule has 3 atom stereocenters. The van der Waals surface area contributed by atoms with Gasteiger partial charge in [0.15, 0.2) is 0 Å². The Labute approximate surface area is 204 Å². The SMILES string of the molecule is Cl.Cl.O=C(CCC[C@H]1NC[C@@H]2C[C@H]1CN(Cc1ccccc1)C2)NCCc1ccncc1. The quantitative estimate of drug-likeness (QED) is 0.574. The number of hydrogen-bond donors (Lipinski definition) is 2. The number of aromatic nitrogens is 1. The van der Waals surface area contributed by atoms with Crippen LogP contribution in [0.5, 0.6) is 0 Å². The van der Waals surface area contributed by atoms with E-state index in [1.807, 2.05) is 12.1 Å². The van der Waals surface area contributed by atoms with Crippen LogP contribution in [0.1, 0.15) is 36.8 Å². The standard InChI is InChI=1S/C25H34N4O.2ClH/c30-25(27-14-11-20-9-12-26-13-10-20)8-4-7-24-23-15-22(16-28-24)18-29(19-23)17-21-5-2-1-3-6-21;;/h1-3,5-6,9-10,12-13,22-24,28H,4,7-8,11,14-19H2,(H,27,30);2*1H/t22-,23-,24+;;/m0../s1. The maximum Gasteiger partial charge on any atom is 0.220 e. The summed E-state index contributed by atoms with van der Waals surface area (Å²) < 4.78 is 0. The molecule has 4 rings (SSSR count). The second-order valence-electron chi connectivity index (χ2n) is 8.90. The monoisotopic (exact) mass is 478 g/mol. The Kier molecular flexibility index (Phi) is 11.5. The lowest BCUT2D eigenvalue weighted by molar-refractivity contribution is -0.121. The summed E-state index contributed by atoms with van der Waals surface area (Å²) >= 11 is 0. The number of hydrogen-bond acceptors (Lipinski definition) is 4. The molecule has 32 heavy (non-hydrogen) atoms. The molecule has 2 bridgehead atoms. The third-order valence-corrected chi connectivity index (χ3v) is 6.54. The van der Waals surface area contributed by atoms with Crippen LogP contribution in [0.2, 0.25) is 0 Å². The number of piperidine rings is 2. The molecule has 2 aliphatic heterocycles. The molecule has 3 heterocycles. The van der Waals surface area contributed by atoms with Crippen molar-refractivity contribution >= 4 is 30.7 Å². The van der Waals surface area contributed by atoms with Gasteiger partial charge in [0, 0.05) is 51.0 Å². The van der Waals surface area contributed by atoms with Crippen LogP contribution >= 0.6 is 24.8 Å². The van der Waals surface area contributed by atoms with Gasteiger partial charge in [-0.25, -0.2) is 0 Å². The highest BCUT2D eigenvalue weighted by molar-refractivity contribution is 5.85. The molecule has 0 radical (unpaired) electrons. The summed E-state index contributed by atoms with van der Waals surface area (Å²) in [5, 5.41) is 6.84. The second kappa shape index (κ2) is 13.8. The molecule has 2 aliphatic rings. The number of carbonyl (C=O) groups excluding carboxylic acids is 1. The first-order valence-electron chi connectivity index (χ1n) is 11.4. The van der Waals surface area contributed by atoms with E-state index in [0.717, 1.165) is 38.3 Å². The fourth-order valence-corrected chi connectivity index (χ4v) is 5.05. The lowest BCUT2D eigenvalue weighted by Gasteiger charge is -2.46. The van der Waals surface area contributed by atoms with Gasteiger partial charge in [0.1, 0.15) is 0 Å². The van der Waals surface area contributed by atoms with Gasteiger partial charge in [-0.3, -0.25) is 14.7 Å². The number of halogens is 2. The van der Waals surface area contributed by atoms with Gasteiger partial charge in [-0.1, -0.05) is 30.3 Å². The number of pyridine rings is 1. The van der Waals surface area contributed by atoms with Gasteiger partial charge in [-0.15, -0.1) is 24.8 Å². The fraction of sp³-hybridized carbons (Fsp3) is 0.520. The van der Waals surface area contributed by atoms with Crippen molar-refractivity contribution in [2.45, 2.75) is 44.7 Å². The normalized spacial score (nSPS) is 22.3. The molecule has 2 N–H and O–H groups in total. The van der Waals surface area contributed by atoms with Crippen molar-refractivity contribution in [1.29, 1.82) is 0 Å². The van der Waals surface area contributed by atoms with Gasteiger partial charge in [-0.05, 0) is 67.3 Å². The summed E-state index contributed by atoms with van der Waals surface area (Å²) in [5.74, 6) is 1.64. The van der Waals surface area contributed by atoms with E-state index in [2.05, 4.69) is 50.8 Å². The second-order valence-corrected chi connectivity index (χ2v) is 8.90. The molecule has 1 amide bonds. The van der Waals surface area contributed by atoms with Gasteiger partial charge in [0.05, 0.1) is 0 Å². The maximum atomic E-state index is 12.2. The zero-order chi connectivity index (χ0) is 20.6. The number of nitrogens with zero attached hydrogens (tertiary/aromatic N) is 2. The lowest BCUT2D eigenvalue weighted by Crippen LogP contribution is -2.55. The molecule has 176 valence electrons. The summed E-state index contributed by atoms with van der Waals surface area (Å²) in [6.45, 7) is 5.24. The van der Waals surface area contributed by atoms with E-state index >= 15 is 0 Å². The number of carbonyl (C=O) groups is 1. The Balaban J connectivity index is 0.00000181. The number of benzene rings is 1. The molecule has 0 saturated carbocycles. The van der Waals surface area contributed by atoms with Crippen LogP contribution in [-0.4, -0.2) is 48.0 Å². The number of fused-ring (bicyclic) bond motifs is 2. The Morgan fingerprint density at radius 1 is 1.06 bits per heavy atom. The summed E-state index contributed by atoms with van der Waals surface area (Å²) in [6, 6.07) is 15.4. The molecular weight excluding hydrogens is 443 g/mol. The summed E-state index contributed by atoms with van der Waals surface area (Å²) in [4.78, 5) is 18.8. The highest BCUT2D eigenvalue weighted by Gasteiger charge is 2.35. The van der Waals surface area contributed by atoms with Crippen LogP contribution in [0, 0.1) is 11.8 Å². The predicted molar refractivity (Wildman–Crippen MR) is 134 cm³/mol. The zero-order valence-corrected chi connectivity index (χ0v) is 20.3. The third-order valence-electron chi connectivity index (χ3n) is 6.54. The van der Waals surface area contributed by atoms with Crippen molar-refractivity contribution in [3.05, 3.63) is 66.0 Å². The fourth-order valence-electron chi connectivity index (χ4n) is 5.05. The summed E-state index contributed by atoms with van der Waals surface area (Å²) in [7, 11) is 0. The van der Waals surface area contributed by atoms with E-state index in [1.54, 1.807) is 12.4 Å². The van der Waals surface area contributed by atoms with Crippen LogP contribution in [0.15, 0.2) is 54.9 Å². The van der Waals surface area contributed by atoms with E-state index in [1.165, 1.54) is 30.6 Å². The largest absolute Gasteiger partial charge is 0.356 e. The minimum Gasteiger partial charge on any atom is -0.356 e. The average molecular weight is 479 g/mol. The van der Waals surface area contributed by atoms with E-state index in [0.29, 0.717) is 24.9 Å². The average Bonchev–Trinajstić information content (AvgIpc) is 2.77. The van der Waals surface area contributed by atoms with Crippen molar-refractivity contribution in [1.82, 2.24) is 20.5 Å². The molecular formula is C25H36Cl2N4O. The predicted octanol–water partition coefficient (Wildman–Crippen LogP) is 3.86. The number of likely N-dealkylation sites (tertiary alicyclic amines) is 1. The smallest absolute Gasteiger partial charge is 0.220 e. The molecule has 1 aromatic heterocycles. The molecule has 0 spiro atoms. The topological polar surface area (TPSA) is 57.3 Å². The highest BCUT2D eigenvalue weighted by Crippen LogP contribution is 2.31. The van der Waals surface area contributed by atoms with E-state index in [4.69, 9.17) is 0 Å². The van der Waals surface area contributed by atoms with Gasteiger partial charge in [0.25, 0.3) is 0 Å². The first kappa shape index (κ1) is 26.6. The molecule has 1 aromatic carbocycles. The van der Waals surface area contributed by atoms with E-state index in [-0.39, 0.29) is 30.7 Å². The molecule has 5 nitrogen and oxygen atoms in total. The zero-order valence-electron chi connectivity index (χ0n) is 18.6. The third kappa shape index (κ3) is 8.04. The molecule has 2 aromatic rings. The van der Waals surface area contributed by atoms with Crippen LogP contribution < -0.4 is 10.6 Å².